The molecule has 2 heterocycles. The minimum absolute atomic E-state index is 0. The number of halogens is 1. The quantitative estimate of drug-likeness (QED) is 0.347. The lowest BCUT2D eigenvalue weighted by molar-refractivity contribution is 0.171. The Labute approximate surface area is 188 Å². The predicted octanol–water partition coefficient (Wildman–Crippen LogP) is 3.87. The average molecular weight is 516 g/mol. The number of rotatable bonds is 6. The minimum atomic E-state index is -0.0935. The number of nitrogens with zero attached hydrogens (tertiary/aromatic N) is 2. The fourth-order valence-electron chi connectivity index (χ4n) is 2.83. The normalized spacial score (nSPS) is 13.6. The van der Waals surface area contributed by atoms with Gasteiger partial charge in [0.05, 0.1) is 6.54 Å². The second-order valence-corrected chi connectivity index (χ2v) is 8.48. The highest BCUT2D eigenvalue weighted by Gasteiger charge is 2.23. The number of benzene rings is 1. The Morgan fingerprint density at radius 3 is 2.64 bits per heavy atom. The van der Waals surface area contributed by atoms with Crippen LogP contribution in [-0.2, 0) is 12.0 Å². The van der Waals surface area contributed by atoms with Gasteiger partial charge in [0.25, 0.3) is 0 Å². The lowest BCUT2D eigenvalue weighted by atomic mass is 9.84. The zero-order chi connectivity index (χ0) is 19.3. The molecule has 0 aliphatic carbocycles. The van der Waals surface area contributed by atoms with E-state index in [0.29, 0.717) is 19.8 Å². The molecule has 3 rings (SSSR count). The lowest BCUT2D eigenvalue weighted by Crippen LogP contribution is -2.43. The maximum atomic E-state index is 5.73. The van der Waals surface area contributed by atoms with Crippen LogP contribution in [0.15, 0.2) is 29.4 Å². The fourth-order valence-corrected chi connectivity index (χ4v) is 3.55. The van der Waals surface area contributed by atoms with Gasteiger partial charge in [-0.1, -0.05) is 19.9 Å². The summed E-state index contributed by atoms with van der Waals surface area (Å²) in [4.78, 5) is 10.2. The van der Waals surface area contributed by atoms with Crippen molar-refractivity contribution in [2.45, 2.75) is 39.7 Å². The first-order valence-electron chi connectivity index (χ1n) is 9.31. The van der Waals surface area contributed by atoms with Crippen LogP contribution in [-0.4, -0.2) is 37.2 Å². The maximum absolute atomic E-state index is 5.73. The van der Waals surface area contributed by atoms with Crippen molar-refractivity contribution in [1.82, 2.24) is 15.6 Å². The standard InChI is InChI=1S/C20H28N4O2S.HI/c1-5-21-19(23-12-18-22-11-14(2)27-18)24-13-20(3,4)15-6-7-16-17(10-15)26-9-8-25-16;/h6-7,10-11H,5,8-9,12-13H2,1-4H3,(H2,21,23,24);1H. The Kier molecular flexibility index (Phi) is 8.36. The summed E-state index contributed by atoms with van der Waals surface area (Å²) in [5.41, 5.74) is 1.11. The predicted molar refractivity (Wildman–Crippen MR) is 126 cm³/mol. The monoisotopic (exact) mass is 516 g/mol. The molecule has 1 aromatic heterocycles. The third kappa shape index (κ3) is 5.97. The molecule has 0 amide bonds. The number of ether oxygens (including phenoxy) is 2. The van der Waals surface area contributed by atoms with Crippen molar-refractivity contribution in [2.24, 2.45) is 4.99 Å². The van der Waals surface area contributed by atoms with Crippen LogP contribution in [0.5, 0.6) is 11.5 Å². The van der Waals surface area contributed by atoms with Crippen LogP contribution in [0.1, 0.15) is 36.2 Å². The Morgan fingerprint density at radius 2 is 1.96 bits per heavy atom. The van der Waals surface area contributed by atoms with Crippen molar-refractivity contribution in [3.63, 3.8) is 0 Å². The average Bonchev–Trinajstić information content (AvgIpc) is 3.09. The van der Waals surface area contributed by atoms with E-state index >= 15 is 0 Å². The van der Waals surface area contributed by atoms with Crippen molar-refractivity contribution in [3.05, 3.63) is 39.8 Å². The second-order valence-electron chi connectivity index (χ2n) is 7.16. The van der Waals surface area contributed by atoms with Crippen molar-refractivity contribution >= 4 is 41.3 Å². The van der Waals surface area contributed by atoms with Crippen LogP contribution in [0.3, 0.4) is 0 Å². The van der Waals surface area contributed by atoms with E-state index in [4.69, 9.17) is 9.47 Å². The van der Waals surface area contributed by atoms with Crippen LogP contribution in [0.25, 0.3) is 0 Å². The molecule has 1 aliphatic rings. The van der Waals surface area contributed by atoms with E-state index in [1.54, 1.807) is 11.3 Å². The van der Waals surface area contributed by atoms with E-state index in [9.17, 15) is 0 Å². The van der Waals surface area contributed by atoms with Crippen LogP contribution in [0, 0.1) is 6.92 Å². The molecular formula is C20H29IN4O2S. The molecule has 6 nitrogen and oxygen atoms in total. The molecule has 0 saturated heterocycles. The third-order valence-corrected chi connectivity index (χ3v) is 5.30. The topological polar surface area (TPSA) is 67.8 Å². The first-order chi connectivity index (χ1) is 13.0. The van der Waals surface area contributed by atoms with Crippen LogP contribution in [0.2, 0.25) is 0 Å². The highest BCUT2D eigenvalue weighted by Crippen LogP contribution is 2.34. The van der Waals surface area contributed by atoms with Crippen molar-refractivity contribution < 1.29 is 9.47 Å². The molecule has 0 fully saturated rings. The smallest absolute Gasteiger partial charge is 0.191 e. The number of nitrogens with one attached hydrogen (secondary N) is 2. The number of aromatic nitrogens is 1. The van der Waals surface area contributed by atoms with E-state index in [0.717, 1.165) is 35.6 Å². The van der Waals surface area contributed by atoms with Crippen LogP contribution < -0.4 is 20.1 Å². The van der Waals surface area contributed by atoms with Gasteiger partial charge in [0.15, 0.2) is 17.5 Å². The molecule has 154 valence electrons. The number of guanidine groups is 1. The van der Waals surface area contributed by atoms with Crippen molar-refractivity contribution in [3.8, 4) is 11.5 Å². The third-order valence-electron chi connectivity index (χ3n) is 4.41. The van der Waals surface area contributed by atoms with Gasteiger partial charge in [-0.3, -0.25) is 0 Å². The van der Waals surface area contributed by atoms with Gasteiger partial charge in [0.2, 0.25) is 0 Å². The van der Waals surface area contributed by atoms with Gasteiger partial charge >= 0.3 is 0 Å². The van der Waals surface area contributed by atoms with Gasteiger partial charge in [0.1, 0.15) is 18.2 Å². The van der Waals surface area contributed by atoms with E-state index in [2.05, 4.69) is 60.4 Å². The van der Waals surface area contributed by atoms with Crippen LogP contribution >= 0.6 is 35.3 Å². The SMILES string of the molecule is CCNC(=NCc1ncc(C)s1)NCC(C)(C)c1ccc2c(c1)OCCO2.I. The Balaban J connectivity index is 0.00000280. The summed E-state index contributed by atoms with van der Waals surface area (Å²) in [6.07, 6.45) is 1.89. The van der Waals surface area contributed by atoms with Crippen molar-refractivity contribution in [1.29, 1.82) is 0 Å². The second kappa shape index (κ2) is 10.3. The number of aliphatic imine (C=N–C) groups is 1. The van der Waals surface area contributed by atoms with Gasteiger partial charge in [-0.15, -0.1) is 35.3 Å². The highest BCUT2D eigenvalue weighted by atomic mass is 127. The molecular weight excluding hydrogens is 487 g/mol. The zero-order valence-electron chi connectivity index (χ0n) is 16.9. The largest absolute Gasteiger partial charge is 0.486 e. The molecule has 0 radical (unpaired) electrons. The molecule has 0 spiro atoms. The molecule has 0 bridgehead atoms. The number of hydrogen-bond donors (Lipinski definition) is 2. The summed E-state index contributed by atoms with van der Waals surface area (Å²) in [6, 6.07) is 6.19. The molecule has 0 saturated carbocycles. The van der Waals surface area contributed by atoms with Gasteiger partial charge in [0, 0.05) is 29.6 Å². The minimum Gasteiger partial charge on any atom is -0.486 e. The molecule has 1 aromatic carbocycles. The summed E-state index contributed by atoms with van der Waals surface area (Å²) in [5.74, 6) is 2.45. The Bertz CT molecular complexity index is 807. The maximum Gasteiger partial charge on any atom is 0.191 e. The molecule has 2 N–H and O–H groups in total. The van der Waals surface area contributed by atoms with Gasteiger partial charge in [-0.25, -0.2) is 9.98 Å². The van der Waals surface area contributed by atoms with Gasteiger partial charge < -0.3 is 20.1 Å². The van der Waals surface area contributed by atoms with E-state index in [1.807, 2.05) is 12.3 Å². The molecule has 8 heteroatoms. The zero-order valence-corrected chi connectivity index (χ0v) is 20.0. The van der Waals surface area contributed by atoms with Gasteiger partial charge in [-0.05, 0) is 31.5 Å². The van der Waals surface area contributed by atoms with Crippen LogP contribution in [0.4, 0.5) is 0 Å². The molecule has 0 unspecified atom stereocenters. The van der Waals surface area contributed by atoms with Gasteiger partial charge in [-0.2, -0.15) is 0 Å². The summed E-state index contributed by atoms with van der Waals surface area (Å²) in [6.45, 7) is 11.9. The molecule has 0 atom stereocenters. The Morgan fingerprint density at radius 1 is 1.21 bits per heavy atom. The number of aryl methyl sites for hydroxylation is 1. The first kappa shape index (κ1) is 22.7. The molecule has 28 heavy (non-hydrogen) atoms. The summed E-state index contributed by atoms with van der Waals surface area (Å²) in [7, 11) is 0. The summed E-state index contributed by atoms with van der Waals surface area (Å²) < 4.78 is 11.3. The summed E-state index contributed by atoms with van der Waals surface area (Å²) in [5, 5.41) is 7.79. The molecule has 2 aromatic rings. The fraction of sp³-hybridized carbons (Fsp3) is 0.500. The number of fused-ring (bicyclic) bond motifs is 1. The number of hydrogen-bond acceptors (Lipinski definition) is 5. The lowest BCUT2D eigenvalue weighted by Gasteiger charge is -2.28. The highest BCUT2D eigenvalue weighted by molar-refractivity contribution is 14.0. The van der Waals surface area contributed by atoms with E-state index < -0.39 is 0 Å². The first-order valence-corrected chi connectivity index (χ1v) is 10.1. The number of thiazole rings is 1. The molecule has 1 aliphatic heterocycles. The van der Waals surface area contributed by atoms with Crippen molar-refractivity contribution in [2.75, 3.05) is 26.3 Å². The van der Waals surface area contributed by atoms with E-state index in [-0.39, 0.29) is 29.4 Å². The Hall–Kier alpha value is -1.55. The summed E-state index contributed by atoms with van der Waals surface area (Å²) >= 11 is 1.68. The van der Waals surface area contributed by atoms with E-state index in [1.165, 1.54) is 10.4 Å².